The van der Waals surface area contributed by atoms with Crippen LogP contribution in [0.25, 0.3) is 5.69 Å². The molecule has 1 aliphatic heterocycles. The first-order valence-electron chi connectivity index (χ1n) is 17.3. The van der Waals surface area contributed by atoms with Crippen molar-refractivity contribution in [1.29, 1.82) is 0 Å². The van der Waals surface area contributed by atoms with Gasteiger partial charge in [-0.25, -0.2) is 14.1 Å². The van der Waals surface area contributed by atoms with Gasteiger partial charge in [-0.3, -0.25) is 9.59 Å². The van der Waals surface area contributed by atoms with E-state index < -0.39 is 17.7 Å². The molecule has 15 heteroatoms. The van der Waals surface area contributed by atoms with Crippen molar-refractivity contribution in [1.82, 2.24) is 34.7 Å². The van der Waals surface area contributed by atoms with E-state index in [1.807, 2.05) is 23.9 Å². The van der Waals surface area contributed by atoms with E-state index in [9.17, 15) is 14.0 Å². The van der Waals surface area contributed by atoms with Crippen LogP contribution in [-0.4, -0.2) is 126 Å². The van der Waals surface area contributed by atoms with Crippen LogP contribution in [0.2, 0.25) is 5.02 Å². The zero-order valence-electron chi connectivity index (χ0n) is 29.6. The number of halogens is 3. The summed E-state index contributed by atoms with van der Waals surface area (Å²) >= 11 is 6.35. The van der Waals surface area contributed by atoms with Crippen LogP contribution in [0.4, 0.5) is 20.2 Å². The fourth-order valence-electron chi connectivity index (χ4n) is 6.67. The van der Waals surface area contributed by atoms with E-state index in [1.54, 1.807) is 7.11 Å². The highest BCUT2D eigenvalue weighted by Crippen LogP contribution is 2.34. The van der Waals surface area contributed by atoms with E-state index in [2.05, 4.69) is 37.3 Å². The molecule has 3 aromatic rings. The Labute approximate surface area is 297 Å². The summed E-state index contributed by atoms with van der Waals surface area (Å²) in [6.45, 7) is 8.45. The summed E-state index contributed by atoms with van der Waals surface area (Å²) in [6, 6.07) is 3.13. The summed E-state index contributed by atoms with van der Waals surface area (Å²) in [5, 5.41) is 11.2. The molecule has 5 rings (SSSR count). The van der Waals surface area contributed by atoms with Crippen molar-refractivity contribution < 1.29 is 23.1 Å². The van der Waals surface area contributed by atoms with Gasteiger partial charge in [0.1, 0.15) is 5.69 Å². The van der Waals surface area contributed by atoms with Gasteiger partial charge in [0.15, 0.2) is 11.5 Å². The van der Waals surface area contributed by atoms with Crippen molar-refractivity contribution in [3.8, 4) is 5.69 Å². The lowest BCUT2D eigenvalue weighted by atomic mass is 10.1. The van der Waals surface area contributed by atoms with Crippen LogP contribution in [0, 0.1) is 18.7 Å². The molecule has 0 spiro atoms. The Morgan fingerprint density at radius 1 is 1.10 bits per heavy atom. The van der Waals surface area contributed by atoms with Gasteiger partial charge in [-0.2, -0.15) is 4.39 Å². The topological polar surface area (TPSA) is 112 Å². The molecule has 1 atom stereocenters. The molecule has 1 saturated carbocycles. The Hall–Kier alpha value is -3.72. The Kier molecular flexibility index (Phi) is 12.8. The molecular weight excluding hydrogens is 668 g/mol. The van der Waals surface area contributed by atoms with Crippen molar-refractivity contribution >= 4 is 34.8 Å². The number of pyridine rings is 1. The van der Waals surface area contributed by atoms with Crippen molar-refractivity contribution in [3.05, 3.63) is 58.1 Å². The minimum atomic E-state index is -0.767. The summed E-state index contributed by atoms with van der Waals surface area (Å²) < 4.78 is 36.5. The van der Waals surface area contributed by atoms with E-state index in [1.165, 1.54) is 29.9 Å². The number of carbonyl (C=O) groups is 2. The van der Waals surface area contributed by atoms with Gasteiger partial charge >= 0.3 is 0 Å². The molecule has 2 fully saturated rings. The van der Waals surface area contributed by atoms with E-state index in [-0.39, 0.29) is 45.5 Å². The lowest BCUT2D eigenvalue weighted by Crippen LogP contribution is -2.41. The SMILES string of the molecule is COCCN(C)CCCN(C(=O)c1cn(-c2cc(NC(=O)c3cnc(F)c(C)c3Cl)c(N3CCCN(C)[C@@H](C)C3)cc2F)nn1)C1CCCC1. The fourth-order valence-corrected chi connectivity index (χ4v) is 6.88. The molecule has 2 aromatic heterocycles. The van der Waals surface area contributed by atoms with Gasteiger partial charge in [-0.05, 0) is 72.8 Å². The molecule has 0 radical (unpaired) electrons. The number of ether oxygens (including phenoxy) is 1. The maximum absolute atomic E-state index is 16.1. The molecule has 3 heterocycles. The van der Waals surface area contributed by atoms with Gasteiger partial charge in [0, 0.05) is 63.2 Å². The number of benzene rings is 1. The average Bonchev–Trinajstić information content (AvgIpc) is 3.78. The van der Waals surface area contributed by atoms with E-state index in [0.717, 1.165) is 64.4 Å². The minimum absolute atomic E-state index is 0.00211. The first kappa shape index (κ1) is 37.5. The number of nitrogens with one attached hydrogen (secondary N) is 1. The summed E-state index contributed by atoms with van der Waals surface area (Å²) in [6.07, 6.45) is 8.11. The number of carbonyl (C=O) groups excluding carboxylic acids is 2. The molecular formula is C35H48ClF2N9O3. The molecule has 50 heavy (non-hydrogen) atoms. The largest absolute Gasteiger partial charge is 0.383 e. The third-order valence-corrected chi connectivity index (χ3v) is 10.3. The zero-order valence-corrected chi connectivity index (χ0v) is 30.3. The predicted octanol–water partition coefficient (Wildman–Crippen LogP) is 5.04. The summed E-state index contributed by atoms with van der Waals surface area (Å²) in [4.78, 5) is 39.4. The molecule has 0 bridgehead atoms. The van der Waals surface area contributed by atoms with Gasteiger partial charge in [-0.1, -0.05) is 29.7 Å². The molecule has 1 aliphatic carbocycles. The highest BCUT2D eigenvalue weighted by atomic mass is 35.5. The fraction of sp³-hybridized carbons (Fsp3) is 0.571. The molecule has 2 amide bonds. The second-order valence-corrected chi connectivity index (χ2v) is 13.8. The number of methoxy groups -OCH3 is 1. The van der Waals surface area contributed by atoms with Gasteiger partial charge in [0.05, 0.1) is 34.8 Å². The Morgan fingerprint density at radius 2 is 1.86 bits per heavy atom. The smallest absolute Gasteiger partial charge is 0.276 e. The second kappa shape index (κ2) is 17.0. The second-order valence-electron chi connectivity index (χ2n) is 13.4. The van der Waals surface area contributed by atoms with Crippen LogP contribution < -0.4 is 10.2 Å². The van der Waals surface area contributed by atoms with Crippen LogP contribution in [0.15, 0.2) is 24.5 Å². The number of anilines is 2. The highest BCUT2D eigenvalue weighted by Gasteiger charge is 2.30. The van der Waals surface area contributed by atoms with Crippen molar-refractivity contribution in [2.24, 2.45) is 0 Å². The number of rotatable bonds is 13. The number of likely N-dealkylation sites (N-methyl/N-ethyl adjacent to an activating group) is 2. The summed E-state index contributed by atoms with van der Waals surface area (Å²) in [5.41, 5.74) is 0.925. The standard InChI is InChI=1S/C35H48ClF2N9O3/c1-23-21-45(14-9-13-44(23)4)31-18-27(37)30(19-28(31)40-34(48)26-20-39-33(38)24(2)32(26)36)47-22-29(41-42-47)35(49)46(25-10-6-7-11-25)15-8-12-43(3)16-17-50-5/h18-20,22-23,25H,6-17,21H2,1-5H3,(H,40,48)/t23-/m0/s1. The molecule has 1 N–H and O–H groups in total. The summed E-state index contributed by atoms with van der Waals surface area (Å²) in [7, 11) is 5.75. The number of hydrogen-bond donors (Lipinski definition) is 1. The third-order valence-electron chi connectivity index (χ3n) is 9.86. The molecule has 1 aromatic carbocycles. The molecule has 12 nitrogen and oxygen atoms in total. The Balaban J connectivity index is 1.44. The zero-order chi connectivity index (χ0) is 35.9. The number of hydrogen-bond acceptors (Lipinski definition) is 9. The molecule has 2 aliphatic rings. The lowest BCUT2D eigenvalue weighted by molar-refractivity contribution is 0.0664. The van der Waals surface area contributed by atoms with Crippen molar-refractivity contribution in [2.75, 3.05) is 77.3 Å². The Bertz CT molecular complexity index is 1650. The first-order valence-corrected chi connectivity index (χ1v) is 17.7. The molecule has 1 saturated heterocycles. The van der Waals surface area contributed by atoms with Gasteiger partial charge in [-0.15, -0.1) is 5.10 Å². The van der Waals surface area contributed by atoms with Crippen LogP contribution >= 0.6 is 11.6 Å². The van der Waals surface area contributed by atoms with Gasteiger partial charge in [0.25, 0.3) is 11.8 Å². The van der Waals surface area contributed by atoms with E-state index in [0.29, 0.717) is 37.6 Å². The minimum Gasteiger partial charge on any atom is -0.383 e. The third kappa shape index (κ3) is 8.76. The van der Waals surface area contributed by atoms with Gasteiger partial charge in [0.2, 0.25) is 5.95 Å². The Morgan fingerprint density at radius 3 is 2.60 bits per heavy atom. The predicted molar refractivity (Wildman–Crippen MR) is 189 cm³/mol. The quantitative estimate of drug-likeness (QED) is 0.244. The number of aromatic nitrogens is 4. The van der Waals surface area contributed by atoms with Crippen molar-refractivity contribution in [3.63, 3.8) is 0 Å². The van der Waals surface area contributed by atoms with E-state index in [4.69, 9.17) is 16.3 Å². The maximum Gasteiger partial charge on any atom is 0.276 e. The first-order chi connectivity index (χ1) is 24.0. The maximum atomic E-state index is 16.1. The number of nitrogens with zero attached hydrogens (tertiary/aromatic N) is 8. The highest BCUT2D eigenvalue weighted by molar-refractivity contribution is 6.35. The van der Waals surface area contributed by atoms with Crippen LogP contribution in [0.1, 0.15) is 71.9 Å². The van der Waals surface area contributed by atoms with Crippen molar-refractivity contribution in [2.45, 2.75) is 64.5 Å². The molecule has 0 unspecified atom stereocenters. The normalized spacial score (nSPS) is 17.4. The van der Waals surface area contributed by atoms with Crippen LogP contribution in [-0.2, 0) is 4.74 Å². The van der Waals surface area contributed by atoms with Crippen LogP contribution in [0.5, 0.6) is 0 Å². The lowest BCUT2D eigenvalue weighted by Gasteiger charge is -2.29. The molecule has 272 valence electrons. The van der Waals surface area contributed by atoms with Crippen LogP contribution in [0.3, 0.4) is 0 Å². The average molecular weight is 716 g/mol. The summed E-state index contributed by atoms with van der Waals surface area (Å²) in [5.74, 6) is -2.24. The number of amides is 2. The van der Waals surface area contributed by atoms with Gasteiger partial charge < -0.3 is 29.7 Å². The van der Waals surface area contributed by atoms with E-state index >= 15 is 4.39 Å². The monoisotopic (exact) mass is 715 g/mol.